The SMILES string of the molecule is C=C(/C(=C\C)c1ccccc1)N1C2=C(C=CCC2)N(CC(C)CCC)C1C. The zero-order valence-corrected chi connectivity index (χ0v) is 17.4. The molecule has 1 heterocycles. The van der Waals surface area contributed by atoms with Gasteiger partial charge in [-0.25, -0.2) is 0 Å². The Labute approximate surface area is 165 Å². The molecule has 0 aromatic heterocycles. The molecule has 0 saturated carbocycles. The van der Waals surface area contributed by atoms with E-state index in [-0.39, 0.29) is 0 Å². The van der Waals surface area contributed by atoms with Crippen LogP contribution in [0.4, 0.5) is 0 Å². The van der Waals surface area contributed by atoms with Gasteiger partial charge in [-0.2, -0.15) is 0 Å². The third-order valence-electron chi connectivity index (χ3n) is 5.81. The molecule has 0 radical (unpaired) electrons. The maximum absolute atomic E-state index is 4.55. The highest BCUT2D eigenvalue weighted by Crippen LogP contribution is 2.41. The van der Waals surface area contributed by atoms with Gasteiger partial charge in [0.1, 0.15) is 6.17 Å². The van der Waals surface area contributed by atoms with Crippen molar-refractivity contribution < 1.29 is 0 Å². The van der Waals surface area contributed by atoms with Gasteiger partial charge in [0.15, 0.2) is 0 Å². The predicted molar refractivity (Wildman–Crippen MR) is 117 cm³/mol. The van der Waals surface area contributed by atoms with Gasteiger partial charge in [-0.05, 0) is 50.7 Å². The van der Waals surface area contributed by atoms with Crippen molar-refractivity contribution in [2.75, 3.05) is 6.54 Å². The zero-order valence-electron chi connectivity index (χ0n) is 17.4. The number of rotatable bonds is 7. The minimum Gasteiger partial charge on any atom is -0.349 e. The van der Waals surface area contributed by atoms with Crippen LogP contribution in [0.3, 0.4) is 0 Å². The van der Waals surface area contributed by atoms with Crippen molar-refractivity contribution >= 4 is 5.57 Å². The van der Waals surface area contributed by atoms with Crippen LogP contribution in [0.1, 0.15) is 58.9 Å². The monoisotopic (exact) mass is 362 g/mol. The Morgan fingerprint density at radius 2 is 2.04 bits per heavy atom. The largest absolute Gasteiger partial charge is 0.349 e. The summed E-state index contributed by atoms with van der Waals surface area (Å²) in [6.45, 7) is 14.8. The fraction of sp³-hybridized carbons (Fsp3) is 0.440. The normalized spacial score (nSPS) is 20.9. The maximum atomic E-state index is 4.55. The van der Waals surface area contributed by atoms with Crippen molar-refractivity contribution in [2.24, 2.45) is 5.92 Å². The van der Waals surface area contributed by atoms with E-state index in [9.17, 15) is 0 Å². The standard InChI is InChI=1S/C25H34N2/c1-6-13-19(3)18-26-21(5)27(25-17-12-11-16-24(25)26)20(4)23(7-2)22-14-9-8-10-15-22/h7-11,14-16,19,21H,4,6,12-13,17-18H2,1-3,5H3/b23-7+. The Kier molecular flexibility index (Phi) is 6.26. The minimum absolute atomic E-state index is 0.309. The molecular formula is C25H34N2. The number of allylic oxidation sites excluding steroid dienone is 5. The first-order chi connectivity index (χ1) is 13.1. The molecule has 3 rings (SSSR count). The van der Waals surface area contributed by atoms with E-state index in [1.54, 1.807) is 0 Å². The summed E-state index contributed by atoms with van der Waals surface area (Å²) < 4.78 is 0. The van der Waals surface area contributed by atoms with E-state index in [4.69, 9.17) is 0 Å². The molecule has 1 aliphatic carbocycles. The number of benzene rings is 1. The number of hydrogen-bond acceptors (Lipinski definition) is 2. The molecule has 2 nitrogen and oxygen atoms in total. The summed E-state index contributed by atoms with van der Waals surface area (Å²) in [6, 6.07) is 10.6. The summed E-state index contributed by atoms with van der Waals surface area (Å²) in [5.41, 5.74) is 6.43. The van der Waals surface area contributed by atoms with Crippen molar-refractivity contribution in [1.82, 2.24) is 9.80 Å². The van der Waals surface area contributed by atoms with E-state index in [1.807, 2.05) is 0 Å². The fourth-order valence-electron chi connectivity index (χ4n) is 4.52. The summed E-state index contributed by atoms with van der Waals surface area (Å²) in [6.07, 6.45) is 11.9. The molecule has 1 aromatic rings. The van der Waals surface area contributed by atoms with Gasteiger partial charge in [0.05, 0.1) is 5.70 Å². The third-order valence-corrected chi connectivity index (χ3v) is 5.81. The van der Waals surface area contributed by atoms with Gasteiger partial charge in [0.25, 0.3) is 0 Å². The van der Waals surface area contributed by atoms with Gasteiger partial charge in [-0.15, -0.1) is 0 Å². The number of nitrogens with zero attached hydrogens (tertiary/aromatic N) is 2. The van der Waals surface area contributed by atoms with Crippen molar-refractivity contribution in [3.8, 4) is 0 Å². The van der Waals surface area contributed by atoms with Crippen LogP contribution in [0.5, 0.6) is 0 Å². The molecule has 0 saturated heterocycles. The second kappa shape index (κ2) is 8.65. The van der Waals surface area contributed by atoms with Crippen LogP contribution >= 0.6 is 0 Å². The van der Waals surface area contributed by atoms with Crippen LogP contribution in [0.25, 0.3) is 5.57 Å². The van der Waals surface area contributed by atoms with Gasteiger partial charge in [-0.3, -0.25) is 0 Å². The minimum atomic E-state index is 0.309. The van der Waals surface area contributed by atoms with E-state index in [1.165, 1.54) is 35.4 Å². The van der Waals surface area contributed by atoms with Gasteiger partial charge >= 0.3 is 0 Å². The van der Waals surface area contributed by atoms with Gasteiger partial charge in [-0.1, -0.05) is 69.3 Å². The molecule has 1 aliphatic heterocycles. The van der Waals surface area contributed by atoms with Crippen LogP contribution in [-0.2, 0) is 0 Å². The number of hydrogen-bond donors (Lipinski definition) is 0. The zero-order chi connectivity index (χ0) is 19.4. The summed E-state index contributed by atoms with van der Waals surface area (Å²) >= 11 is 0. The molecular weight excluding hydrogens is 328 g/mol. The first-order valence-electron chi connectivity index (χ1n) is 10.4. The highest BCUT2D eigenvalue weighted by molar-refractivity contribution is 5.78. The van der Waals surface area contributed by atoms with E-state index in [0.29, 0.717) is 12.1 Å². The predicted octanol–water partition coefficient (Wildman–Crippen LogP) is 6.57. The average Bonchev–Trinajstić information content (AvgIpc) is 2.95. The Balaban J connectivity index is 1.91. The van der Waals surface area contributed by atoms with Crippen LogP contribution in [0.15, 0.2) is 72.2 Å². The maximum Gasteiger partial charge on any atom is 0.103 e. The molecule has 144 valence electrons. The highest BCUT2D eigenvalue weighted by Gasteiger charge is 2.37. The molecule has 1 aromatic carbocycles. The fourth-order valence-corrected chi connectivity index (χ4v) is 4.52. The summed E-state index contributed by atoms with van der Waals surface area (Å²) in [7, 11) is 0. The summed E-state index contributed by atoms with van der Waals surface area (Å²) in [5.74, 6) is 0.699. The highest BCUT2D eigenvalue weighted by atomic mass is 15.4. The Morgan fingerprint density at radius 3 is 2.70 bits per heavy atom. The van der Waals surface area contributed by atoms with E-state index < -0.39 is 0 Å². The lowest BCUT2D eigenvalue weighted by Crippen LogP contribution is -2.39. The third kappa shape index (κ3) is 3.90. The lowest BCUT2D eigenvalue weighted by Gasteiger charge is -2.35. The average molecular weight is 363 g/mol. The molecule has 0 bridgehead atoms. The molecule has 2 aliphatic rings. The smallest absolute Gasteiger partial charge is 0.103 e. The molecule has 2 heteroatoms. The van der Waals surface area contributed by atoms with Crippen LogP contribution in [0.2, 0.25) is 0 Å². The summed E-state index contributed by atoms with van der Waals surface area (Å²) in [5, 5.41) is 0. The van der Waals surface area contributed by atoms with Crippen LogP contribution in [0, 0.1) is 5.92 Å². The summed E-state index contributed by atoms with van der Waals surface area (Å²) in [4.78, 5) is 5.08. The van der Waals surface area contributed by atoms with Crippen molar-refractivity contribution in [1.29, 1.82) is 0 Å². The van der Waals surface area contributed by atoms with E-state index >= 15 is 0 Å². The van der Waals surface area contributed by atoms with Crippen molar-refractivity contribution in [3.63, 3.8) is 0 Å². The van der Waals surface area contributed by atoms with Gasteiger partial charge in [0, 0.05) is 23.5 Å². The second-order valence-corrected chi connectivity index (χ2v) is 7.84. The quantitative estimate of drug-likeness (QED) is 0.506. The molecule has 2 atom stereocenters. The molecule has 0 fully saturated rings. The first kappa shape index (κ1) is 19.5. The van der Waals surface area contributed by atoms with Crippen molar-refractivity contribution in [3.05, 3.63) is 77.8 Å². The molecule has 0 amide bonds. The lowest BCUT2D eigenvalue weighted by atomic mass is 10.0. The van der Waals surface area contributed by atoms with Crippen LogP contribution in [-0.4, -0.2) is 22.5 Å². The molecule has 0 N–H and O–H groups in total. The lowest BCUT2D eigenvalue weighted by molar-refractivity contribution is 0.169. The van der Waals surface area contributed by atoms with Crippen molar-refractivity contribution in [2.45, 2.75) is 59.5 Å². The Bertz CT molecular complexity index is 754. The molecule has 27 heavy (non-hydrogen) atoms. The second-order valence-electron chi connectivity index (χ2n) is 7.84. The van der Waals surface area contributed by atoms with Gasteiger partial charge < -0.3 is 9.80 Å². The first-order valence-corrected chi connectivity index (χ1v) is 10.4. The Hall–Kier alpha value is -2.22. The molecule has 0 spiro atoms. The topological polar surface area (TPSA) is 6.48 Å². The molecule has 2 unspecified atom stereocenters. The van der Waals surface area contributed by atoms with Gasteiger partial charge in [0.2, 0.25) is 0 Å². The van der Waals surface area contributed by atoms with Crippen LogP contribution < -0.4 is 0 Å². The van der Waals surface area contributed by atoms with E-state index in [0.717, 1.165) is 25.1 Å². The Morgan fingerprint density at radius 1 is 1.30 bits per heavy atom. The van der Waals surface area contributed by atoms with E-state index in [2.05, 4.69) is 92.6 Å².